The number of phenols is 1. The van der Waals surface area contributed by atoms with E-state index in [1.807, 2.05) is 11.8 Å². The SMILES string of the molecule is CC(=O)N[C@H]1[C@H]([C@H](O)[C@H](O)CNC(=O)c2cc(C)c(O)c(C)c2)O[C@@](CCN2CCOC[C@@]23CCN(C(=O)C2(C)COC2)C3)(C(=O)O)C[C@@H]1O. The Labute approximate surface area is 290 Å². The maximum absolute atomic E-state index is 13.3. The molecule has 0 unspecified atom stereocenters. The number of amides is 3. The van der Waals surface area contributed by atoms with E-state index in [-0.39, 0.29) is 30.2 Å². The summed E-state index contributed by atoms with van der Waals surface area (Å²) in [4.78, 5) is 55.1. The van der Waals surface area contributed by atoms with E-state index in [0.717, 1.165) is 0 Å². The lowest BCUT2D eigenvalue weighted by molar-refractivity contribution is -0.231. The molecule has 0 saturated carbocycles. The van der Waals surface area contributed by atoms with Crippen LogP contribution < -0.4 is 10.6 Å². The molecule has 16 heteroatoms. The molecule has 0 radical (unpaired) electrons. The van der Waals surface area contributed by atoms with Gasteiger partial charge in [-0.1, -0.05) is 0 Å². The Kier molecular flexibility index (Phi) is 11.1. The molecular weight excluding hydrogens is 656 g/mol. The first-order chi connectivity index (χ1) is 23.5. The summed E-state index contributed by atoms with van der Waals surface area (Å²) in [6, 6.07) is 1.67. The van der Waals surface area contributed by atoms with Crippen LogP contribution in [0.4, 0.5) is 0 Å². The fourth-order valence-electron chi connectivity index (χ4n) is 7.64. The summed E-state index contributed by atoms with van der Waals surface area (Å²) in [7, 11) is 0. The number of hydrogen-bond acceptors (Lipinski definition) is 12. The van der Waals surface area contributed by atoms with Gasteiger partial charge in [-0.05, 0) is 50.5 Å². The van der Waals surface area contributed by atoms with Crippen molar-refractivity contribution in [3.63, 3.8) is 0 Å². The van der Waals surface area contributed by atoms with Gasteiger partial charge in [-0.15, -0.1) is 0 Å². The topological polar surface area (TPSA) is 228 Å². The van der Waals surface area contributed by atoms with Crippen molar-refractivity contribution in [1.29, 1.82) is 0 Å². The van der Waals surface area contributed by atoms with E-state index in [1.165, 1.54) is 19.1 Å². The number of phenolic OH excluding ortho intramolecular Hbond substituents is 1. The molecule has 4 fully saturated rings. The third-order valence-electron chi connectivity index (χ3n) is 10.7. The van der Waals surface area contributed by atoms with Crippen molar-refractivity contribution in [2.45, 2.75) is 88.6 Å². The molecule has 7 atom stereocenters. The second-order valence-electron chi connectivity index (χ2n) is 14.7. The summed E-state index contributed by atoms with van der Waals surface area (Å²) in [5, 5.41) is 59.2. The summed E-state index contributed by atoms with van der Waals surface area (Å²) in [6.45, 7) is 8.92. The molecule has 7 N–H and O–H groups in total. The van der Waals surface area contributed by atoms with E-state index < -0.39 is 77.8 Å². The molecule has 0 bridgehead atoms. The third-order valence-corrected chi connectivity index (χ3v) is 10.7. The zero-order valence-corrected chi connectivity index (χ0v) is 29.0. The lowest BCUT2D eigenvalue weighted by Gasteiger charge is -2.49. The van der Waals surface area contributed by atoms with Gasteiger partial charge < -0.3 is 55.3 Å². The number of aryl methyl sites for hydroxylation is 2. The van der Waals surface area contributed by atoms with E-state index in [4.69, 9.17) is 14.2 Å². The van der Waals surface area contributed by atoms with Gasteiger partial charge in [0, 0.05) is 58.1 Å². The van der Waals surface area contributed by atoms with Crippen LogP contribution in [0, 0.1) is 19.3 Å². The Morgan fingerprint density at radius 1 is 1.06 bits per heavy atom. The number of aliphatic carboxylic acids is 1. The fourth-order valence-corrected chi connectivity index (χ4v) is 7.64. The molecule has 1 spiro atoms. The molecule has 16 nitrogen and oxygen atoms in total. The number of aromatic hydroxyl groups is 1. The molecule has 3 amide bonds. The van der Waals surface area contributed by atoms with E-state index >= 15 is 0 Å². The summed E-state index contributed by atoms with van der Waals surface area (Å²) in [5.74, 6) is -2.49. The van der Waals surface area contributed by atoms with Crippen molar-refractivity contribution in [2.24, 2.45) is 5.41 Å². The Morgan fingerprint density at radius 2 is 1.74 bits per heavy atom. The van der Waals surface area contributed by atoms with Gasteiger partial charge in [0.1, 0.15) is 18.0 Å². The molecule has 1 aromatic rings. The normalized spacial score (nSPS) is 30.7. The van der Waals surface area contributed by atoms with Crippen LogP contribution in [0.15, 0.2) is 12.1 Å². The first kappa shape index (κ1) is 37.9. The van der Waals surface area contributed by atoms with Gasteiger partial charge in [0.2, 0.25) is 11.8 Å². The van der Waals surface area contributed by atoms with Crippen molar-refractivity contribution in [2.75, 3.05) is 59.2 Å². The van der Waals surface area contributed by atoms with Crippen molar-refractivity contribution >= 4 is 23.7 Å². The van der Waals surface area contributed by atoms with Crippen molar-refractivity contribution in [3.05, 3.63) is 28.8 Å². The molecule has 0 aromatic heterocycles. The largest absolute Gasteiger partial charge is 0.507 e. The Balaban J connectivity index is 1.30. The van der Waals surface area contributed by atoms with Gasteiger partial charge in [0.15, 0.2) is 5.60 Å². The quantitative estimate of drug-likeness (QED) is 0.142. The second kappa shape index (κ2) is 14.7. The lowest BCUT2D eigenvalue weighted by atomic mass is 9.81. The van der Waals surface area contributed by atoms with Gasteiger partial charge in [-0.25, -0.2) is 4.79 Å². The molecule has 4 aliphatic heterocycles. The van der Waals surface area contributed by atoms with Crippen molar-refractivity contribution in [1.82, 2.24) is 20.4 Å². The summed E-state index contributed by atoms with van der Waals surface area (Å²) in [6.07, 6.45) is -6.50. The Morgan fingerprint density at radius 3 is 2.34 bits per heavy atom. The summed E-state index contributed by atoms with van der Waals surface area (Å²) < 4.78 is 17.3. The number of morpholine rings is 1. The van der Waals surface area contributed by atoms with Crippen molar-refractivity contribution in [3.8, 4) is 5.75 Å². The standard InChI is InChI=1S/C34H50N4O12/c1-19-11-22(12-20(2)26(19)42)29(44)35-14-24(41)27(43)28-25(36-21(3)39)23(40)13-34(50-28,31(46)47)6-8-38-9-10-48-18-33(38)5-7-37(15-33)30(45)32(4)16-49-17-32/h11-12,23-25,27-28,40-43H,5-10,13-18H2,1-4H3,(H,35,44)(H,36,39)(H,46,47)/t23-,24+,25+,27+,28+,33-,34+/m0/s1. The first-order valence-electron chi connectivity index (χ1n) is 17.0. The molecule has 0 aliphatic carbocycles. The van der Waals surface area contributed by atoms with Crippen molar-refractivity contribution < 1.29 is 58.9 Å². The fraction of sp³-hybridized carbons (Fsp3) is 0.706. The van der Waals surface area contributed by atoms with E-state index in [9.17, 15) is 44.7 Å². The number of nitrogens with one attached hydrogen (secondary N) is 2. The van der Waals surface area contributed by atoms with Gasteiger partial charge in [0.25, 0.3) is 5.91 Å². The zero-order valence-electron chi connectivity index (χ0n) is 29.0. The van der Waals surface area contributed by atoms with Crippen LogP contribution in [0.25, 0.3) is 0 Å². The van der Waals surface area contributed by atoms with E-state index in [1.54, 1.807) is 13.8 Å². The highest BCUT2D eigenvalue weighted by molar-refractivity contribution is 5.95. The lowest BCUT2D eigenvalue weighted by Crippen LogP contribution is -2.68. The number of carbonyl (C=O) groups excluding carboxylic acids is 3. The minimum Gasteiger partial charge on any atom is -0.507 e. The highest BCUT2D eigenvalue weighted by Crippen LogP contribution is 2.39. The molecule has 50 heavy (non-hydrogen) atoms. The van der Waals surface area contributed by atoms with Gasteiger partial charge in [-0.3, -0.25) is 19.3 Å². The van der Waals surface area contributed by atoms with Crippen LogP contribution in [0.2, 0.25) is 0 Å². The van der Waals surface area contributed by atoms with Crippen LogP contribution in [0.1, 0.15) is 54.6 Å². The van der Waals surface area contributed by atoms with E-state index in [0.29, 0.717) is 63.6 Å². The number of carbonyl (C=O) groups is 4. The number of aliphatic hydroxyl groups is 3. The number of likely N-dealkylation sites (tertiary alicyclic amines) is 1. The maximum atomic E-state index is 13.3. The molecule has 5 rings (SSSR count). The number of ether oxygens (including phenoxy) is 3. The Hall–Kier alpha value is -3.38. The van der Waals surface area contributed by atoms with Gasteiger partial charge in [0.05, 0.1) is 55.6 Å². The van der Waals surface area contributed by atoms with Gasteiger partial charge in [-0.2, -0.15) is 0 Å². The summed E-state index contributed by atoms with van der Waals surface area (Å²) >= 11 is 0. The maximum Gasteiger partial charge on any atom is 0.336 e. The predicted octanol–water partition coefficient (Wildman–Crippen LogP) is -1.33. The minimum atomic E-state index is -2.02. The Bertz CT molecular complexity index is 1450. The van der Waals surface area contributed by atoms with Crippen LogP contribution in [0.3, 0.4) is 0 Å². The van der Waals surface area contributed by atoms with Gasteiger partial charge >= 0.3 is 5.97 Å². The number of rotatable bonds is 11. The summed E-state index contributed by atoms with van der Waals surface area (Å²) in [5.41, 5.74) is -1.97. The number of hydrogen-bond donors (Lipinski definition) is 7. The second-order valence-corrected chi connectivity index (χ2v) is 14.7. The number of carboxylic acids is 1. The van der Waals surface area contributed by atoms with Crippen LogP contribution in [-0.4, -0.2) is 160 Å². The average molecular weight is 707 g/mol. The number of benzene rings is 1. The average Bonchev–Trinajstić information content (AvgIpc) is 3.48. The predicted molar refractivity (Wildman–Crippen MR) is 175 cm³/mol. The molecule has 1 aromatic carbocycles. The third kappa shape index (κ3) is 7.47. The highest BCUT2D eigenvalue weighted by atomic mass is 16.6. The molecule has 4 aliphatic rings. The molecular formula is C34H50N4O12. The highest BCUT2D eigenvalue weighted by Gasteiger charge is 2.56. The van der Waals surface area contributed by atoms with Crippen LogP contribution in [-0.2, 0) is 28.6 Å². The molecule has 278 valence electrons. The van der Waals surface area contributed by atoms with Crippen LogP contribution in [0.5, 0.6) is 5.75 Å². The van der Waals surface area contributed by atoms with Crippen LogP contribution >= 0.6 is 0 Å². The van der Waals surface area contributed by atoms with E-state index in [2.05, 4.69) is 15.5 Å². The first-order valence-corrected chi connectivity index (χ1v) is 17.0. The molecule has 4 saturated heterocycles. The zero-order chi connectivity index (χ0) is 36.6. The smallest absolute Gasteiger partial charge is 0.336 e. The number of aliphatic hydroxyl groups excluding tert-OH is 3. The molecule has 4 heterocycles. The monoisotopic (exact) mass is 706 g/mol. The number of carboxylic acid groups (broad SMARTS) is 1. The number of nitrogens with zero attached hydrogens (tertiary/aromatic N) is 2. The minimum absolute atomic E-state index is 0.00998.